The number of rotatable bonds is 6. The van der Waals surface area contributed by atoms with E-state index in [-0.39, 0.29) is 0 Å². The molecule has 0 amide bonds. The molecule has 0 aliphatic heterocycles. The largest absolute Gasteiger partial charge is 0.496 e. The molecular weight excluding hydrogens is 182 g/mol. The van der Waals surface area contributed by atoms with E-state index in [1.807, 2.05) is 6.07 Å². The summed E-state index contributed by atoms with van der Waals surface area (Å²) in [7, 11) is 1.72. The molecule has 1 aromatic heterocycles. The van der Waals surface area contributed by atoms with E-state index in [9.17, 15) is 0 Å². The molecule has 1 heterocycles. The van der Waals surface area contributed by atoms with Crippen molar-refractivity contribution in [3.8, 4) is 5.75 Å². The highest BCUT2D eigenvalue weighted by atomic mass is 32.1. The van der Waals surface area contributed by atoms with Crippen molar-refractivity contribution >= 4 is 11.3 Å². The average molecular weight is 199 g/mol. The SMILES string of the molecule is CCCCNCc1sccc1OC. The molecule has 0 fully saturated rings. The number of nitrogens with one attached hydrogen (secondary N) is 1. The average Bonchev–Trinajstić information content (AvgIpc) is 2.60. The maximum atomic E-state index is 5.21. The minimum absolute atomic E-state index is 0.931. The smallest absolute Gasteiger partial charge is 0.134 e. The van der Waals surface area contributed by atoms with Crippen molar-refractivity contribution in [3.05, 3.63) is 16.3 Å². The lowest BCUT2D eigenvalue weighted by atomic mass is 10.3. The highest BCUT2D eigenvalue weighted by molar-refractivity contribution is 7.10. The quantitative estimate of drug-likeness (QED) is 0.711. The summed E-state index contributed by atoms with van der Waals surface area (Å²) in [5.74, 6) is 1.01. The molecule has 0 radical (unpaired) electrons. The van der Waals surface area contributed by atoms with Crippen LogP contribution in [0.15, 0.2) is 11.4 Å². The van der Waals surface area contributed by atoms with Gasteiger partial charge in [0, 0.05) is 6.54 Å². The Kier molecular flexibility index (Phi) is 4.86. The fourth-order valence-electron chi connectivity index (χ4n) is 1.14. The van der Waals surface area contributed by atoms with Crippen LogP contribution in [0, 0.1) is 0 Å². The maximum absolute atomic E-state index is 5.21. The van der Waals surface area contributed by atoms with Crippen molar-refractivity contribution in [2.45, 2.75) is 26.3 Å². The summed E-state index contributed by atoms with van der Waals surface area (Å²) in [4.78, 5) is 1.29. The van der Waals surface area contributed by atoms with Gasteiger partial charge in [-0.05, 0) is 24.4 Å². The van der Waals surface area contributed by atoms with E-state index in [4.69, 9.17) is 4.74 Å². The van der Waals surface area contributed by atoms with Crippen LogP contribution in [-0.2, 0) is 6.54 Å². The van der Waals surface area contributed by atoms with E-state index >= 15 is 0 Å². The molecule has 13 heavy (non-hydrogen) atoms. The Labute approximate surface area is 83.9 Å². The molecule has 2 nitrogen and oxygen atoms in total. The normalized spacial score (nSPS) is 10.3. The van der Waals surface area contributed by atoms with Crippen molar-refractivity contribution in [1.82, 2.24) is 5.32 Å². The predicted octanol–water partition coefficient (Wildman–Crippen LogP) is 2.65. The molecule has 0 aliphatic carbocycles. The zero-order valence-corrected chi connectivity index (χ0v) is 9.12. The Morgan fingerprint density at radius 2 is 2.38 bits per heavy atom. The van der Waals surface area contributed by atoms with Crippen molar-refractivity contribution in [2.75, 3.05) is 13.7 Å². The summed E-state index contributed by atoms with van der Waals surface area (Å²) in [5.41, 5.74) is 0. The molecular formula is C10H17NOS. The number of hydrogen-bond acceptors (Lipinski definition) is 3. The van der Waals surface area contributed by atoms with E-state index in [1.165, 1.54) is 17.7 Å². The molecule has 74 valence electrons. The van der Waals surface area contributed by atoms with E-state index in [2.05, 4.69) is 17.6 Å². The van der Waals surface area contributed by atoms with Gasteiger partial charge in [-0.1, -0.05) is 13.3 Å². The van der Waals surface area contributed by atoms with Crippen LogP contribution in [0.4, 0.5) is 0 Å². The van der Waals surface area contributed by atoms with Gasteiger partial charge in [-0.3, -0.25) is 0 Å². The minimum Gasteiger partial charge on any atom is -0.496 e. The van der Waals surface area contributed by atoms with Gasteiger partial charge in [0.15, 0.2) is 0 Å². The second-order valence-electron chi connectivity index (χ2n) is 2.94. The Hall–Kier alpha value is -0.540. The van der Waals surface area contributed by atoms with Crippen LogP contribution in [0.1, 0.15) is 24.6 Å². The summed E-state index contributed by atoms with van der Waals surface area (Å²) in [6.07, 6.45) is 2.49. The summed E-state index contributed by atoms with van der Waals surface area (Å²) < 4.78 is 5.21. The molecule has 0 unspecified atom stereocenters. The number of methoxy groups -OCH3 is 1. The molecule has 0 aromatic carbocycles. The third kappa shape index (κ3) is 3.36. The van der Waals surface area contributed by atoms with Crippen LogP contribution in [0.5, 0.6) is 5.75 Å². The zero-order chi connectivity index (χ0) is 9.52. The van der Waals surface area contributed by atoms with Gasteiger partial charge in [-0.15, -0.1) is 11.3 Å². The fourth-order valence-corrected chi connectivity index (χ4v) is 1.95. The van der Waals surface area contributed by atoms with E-state index in [0.717, 1.165) is 18.8 Å². The Bertz CT molecular complexity index is 235. The minimum atomic E-state index is 0.931. The lowest BCUT2D eigenvalue weighted by molar-refractivity contribution is 0.410. The molecule has 3 heteroatoms. The third-order valence-electron chi connectivity index (χ3n) is 1.92. The van der Waals surface area contributed by atoms with Gasteiger partial charge in [-0.25, -0.2) is 0 Å². The molecule has 0 spiro atoms. The Balaban J connectivity index is 2.27. The monoisotopic (exact) mass is 199 g/mol. The van der Waals surface area contributed by atoms with Gasteiger partial charge in [0.25, 0.3) is 0 Å². The van der Waals surface area contributed by atoms with E-state index in [1.54, 1.807) is 18.4 Å². The Morgan fingerprint density at radius 1 is 1.54 bits per heavy atom. The third-order valence-corrected chi connectivity index (χ3v) is 2.82. The molecule has 0 aliphatic rings. The summed E-state index contributed by atoms with van der Waals surface area (Å²) in [6, 6.07) is 2.02. The van der Waals surface area contributed by atoms with Crippen molar-refractivity contribution < 1.29 is 4.74 Å². The van der Waals surface area contributed by atoms with Crippen LogP contribution >= 0.6 is 11.3 Å². The van der Waals surface area contributed by atoms with Crippen LogP contribution in [0.2, 0.25) is 0 Å². The van der Waals surface area contributed by atoms with Crippen LogP contribution < -0.4 is 10.1 Å². The number of ether oxygens (including phenoxy) is 1. The van der Waals surface area contributed by atoms with Crippen molar-refractivity contribution in [3.63, 3.8) is 0 Å². The van der Waals surface area contributed by atoms with Crippen LogP contribution in [0.3, 0.4) is 0 Å². The van der Waals surface area contributed by atoms with E-state index < -0.39 is 0 Å². The van der Waals surface area contributed by atoms with Gasteiger partial charge in [-0.2, -0.15) is 0 Å². The lowest BCUT2D eigenvalue weighted by Gasteiger charge is -2.03. The molecule has 0 bridgehead atoms. The second kappa shape index (κ2) is 6.00. The highest BCUT2D eigenvalue weighted by Crippen LogP contribution is 2.23. The van der Waals surface area contributed by atoms with Gasteiger partial charge in [0.05, 0.1) is 12.0 Å². The first kappa shape index (κ1) is 10.5. The number of unbranched alkanes of at least 4 members (excludes halogenated alkanes) is 1. The first-order valence-electron chi connectivity index (χ1n) is 4.69. The first-order chi connectivity index (χ1) is 6.38. The van der Waals surface area contributed by atoms with Crippen molar-refractivity contribution in [1.29, 1.82) is 0 Å². The van der Waals surface area contributed by atoms with Crippen LogP contribution in [0.25, 0.3) is 0 Å². The fraction of sp³-hybridized carbons (Fsp3) is 0.600. The molecule has 1 rings (SSSR count). The van der Waals surface area contributed by atoms with E-state index in [0.29, 0.717) is 0 Å². The Morgan fingerprint density at radius 3 is 3.08 bits per heavy atom. The predicted molar refractivity (Wildman–Crippen MR) is 57.5 cm³/mol. The second-order valence-corrected chi connectivity index (χ2v) is 3.94. The molecule has 1 aromatic rings. The topological polar surface area (TPSA) is 21.3 Å². The lowest BCUT2D eigenvalue weighted by Crippen LogP contribution is -2.13. The van der Waals surface area contributed by atoms with Gasteiger partial charge < -0.3 is 10.1 Å². The molecule has 0 atom stereocenters. The first-order valence-corrected chi connectivity index (χ1v) is 5.57. The molecule has 0 saturated heterocycles. The standard InChI is InChI=1S/C10H17NOS/c1-3-4-6-11-8-10-9(12-2)5-7-13-10/h5,7,11H,3-4,6,8H2,1-2H3. The number of hydrogen-bond donors (Lipinski definition) is 1. The maximum Gasteiger partial charge on any atom is 0.134 e. The van der Waals surface area contributed by atoms with Crippen LogP contribution in [-0.4, -0.2) is 13.7 Å². The highest BCUT2D eigenvalue weighted by Gasteiger charge is 2.02. The summed E-state index contributed by atoms with van der Waals surface area (Å²) in [5, 5.41) is 5.46. The molecule has 1 N–H and O–H groups in total. The van der Waals surface area contributed by atoms with Gasteiger partial charge in [0.2, 0.25) is 0 Å². The molecule has 0 saturated carbocycles. The zero-order valence-electron chi connectivity index (χ0n) is 8.30. The summed E-state index contributed by atoms with van der Waals surface area (Å²) in [6.45, 7) is 4.23. The number of thiophene rings is 1. The summed E-state index contributed by atoms with van der Waals surface area (Å²) >= 11 is 1.74. The van der Waals surface area contributed by atoms with Gasteiger partial charge in [0.1, 0.15) is 5.75 Å². The van der Waals surface area contributed by atoms with Crippen molar-refractivity contribution in [2.24, 2.45) is 0 Å². The van der Waals surface area contributed by atoms with Gasteiger partial charge >= 0.3 is 0 Å².